The number of thiol groups is 1. The zero-order chi connectivity index (χ0) is 23.0. The number of hydrogen-bond donors (Lipinski definition) is 6. The van der Waals surface area contributed by atoms with Crippen LogP contribution in [0.3, 0.4) is 0 Å². The molecule has 1 atom stereocenters. The summed E-state index contributed by atoms with van der Waals surface area (Å²) in [5.41, 5.74) is 7.28. The van der Waals surface area contributed by atoms with Crippen LogP contribution in [-0.4, -0.2) is 30.6 Å². The molecule has 166 valence electrons. The Morgan fingerprint density at radius 2 is 1.77 bits per heavy atom. The van der Waals surface area contributed by atoms with Gasteiger partial charge in [-0.1, -0.05) is 12.1 Å². The molecule has 31 heavy (non-hydrogen) atoms. The number of carbonyl (C=O) groups is 2. The number of sulfonamides is 1. The summed E-state index contributed by atoms with van der Waals surface area (Å²) in [6.07, 6.45) is -0.386. The van der Waals surface area contributed by atoms with Crippen LogP contribution in [0.15, 0.2) is 53.4 Å². The molecule has 9 nitrogen and oxygen atoms in total. The molecule has 0 spiro atoms. The minimum Gasteiger partial charge on any atom is -0.373 e. The second-order valence-electron chi connectivity index (χ2n) is 6.65. The Morgan fingerprint density at radius 3 is 2.39 bits per heavy atom. The van der Waals surface area contributed by atoms with E-state index in [1.165, 1.54) is 24.3 Å². The number of hydrazine groups is 1. The first-order valence-electron chi connectivity index (χ1n) is 9.04. The van der Waals surface area contributed by atoms with E-state index in [1.807, 2.05) is 31.2 Å². The van der Waals surface area contributed by atoms with Crippen LogP contribution in [0.1, 0.15) is 18.4 Å². The molecule has 0 heterocycles. The lowest BCUT2D eigenvalue weighted by atomic mass is 10.2. The maximum atomic E-state index is 12.1. The molecule has 2 rings (SSSR count). The number of carbonyl (C=O) groups excluding carboxylic acids is 2. The molecule has 12 heteroatoms. The lowest BCUT2D eigenvalue weighted by Crippen LogP contribution is -2.44. The molecule has 1 amide bonds. The van der Waals surface area contributed by atoms with Gasteiger partial charge < -0.3 is 10.6 Å². The van der Waals surface area contributed by atoms with E-state index in [2.05, 4.69) is 34.1 Å². The number of nitrogens with one attached hydrogen (secondary N) is 4. The molecule has 0 aliphatic heterocycles. The molecule has 0 saturated heterocycles. The summed E-state index contributed by atoms with van der Waals surface area (Å²) in [7, 11) is -3.78. The Hall–Kier alpha value is -2.67. The number of anilines is 2. The molecule has 0 bridgehead atoms. The molecule has 0 radical (unpaired) electrons. The number of nitrogens with two attached hydrogens (primary N) is 1. The number of benzene rings is 2. The fourth-order valence-corrected chi connectivity index (χ4v) is 3.54. The molecule has 0 aliphatic carbocycles. The van der Waals surface area contributed by atoms with Crippen LogP contribution in [0.4, 0.5) is 11.4 Å². The quantitative estimate of drug-likeness (QED) is 0.110. The Balaban J connectivity index is 1.73. The summed E-state index contributed by atoms with van der Waals surface area (Å²) < 4.78 is 22.5. The highest BCUT2D eigenvalue weighted by Gasteiger charge is 2.15. The fourth-order valence-electron chi connectivity index (χ4n) is 2.51. The monoisotopic (exact) mass is 481 g/mol. The zero-order valence-corrected chi connectivity index (χ0v) is 19.1. The van der Waals surface area contributed by atoms with Crippen LogP contribution in [0.5, 0.6) is 0 Å². The van der Waals surface area contributed by atoms with Crippen molar-refractivity contribution in [3.05, 3.63) is 54.1 Å². The van der Waals surface area contributed by atoms with E-state index in [0.29, 0.717) is 5.69 Å². The van der Waals surface area contributed by atoms with Crippen LogP contribution in [0.25, 0.3) is 0 Å². The first-order valence-corrected chi connectivity index (χ1v) is 11.5. The third-order valence-corrected chi connectivity index (χ3v) is 5.33. The number of hydrogen-bond acceptors (Lipinski definition) is 7. The smallest absolute Gasteiger partial charge is 0.245 e. The second-order valence-corrected chi connectivity index (χ2v) is 9.24. The summed E-state index contributed by atoms with van der Waals surface area (Å²) in [6.45, 7) is 1.94. The number of rotatable bonds is 8. The van der Waals surface area contributed by atoms with Crippen molar-refractivity contribution in [3.63, 3.8) is 0 Å². The average Bonchev–Trinajstić information content (AvgIpc) is 2.66. The van der Waals surface area contributed by atoms with Crippen LogP contribution in [-0.2, 0) is 19.6 Å². The highest BCUT2D eigenvalue weighted by Crippen LogP contribution is 2.16. The third-order valence-electron chi connectivity index (χ3n) is 3.89. The van der Waals surface area contributed by atoms with Gasteiger partial charge in [0.05, 0.1) is 16.7 Å². The number of thiocarbonyl (C=S) groups is 1. The van der Waals surface area contributed by atoms with Gasteiger partial charge in [0.15, 0.2) is 5.11 Å². The number of primary sulfonamides is 1. The van der Waals surface area contributed by atoms with Crippen LogP contribution in [0, 0.1) is 6.92 Å². The minimum atomic E-state index is -3.78. The van der Waals surface area contributed by atoms with Crippen molar-refractivity contribution in [2.45, 2.75) is 30.0 Å². The van der Waals surface area contributed by atoms with Gasteiger partial charge in [-0.05, 0) is 61.1 Å². The van der Waals surface area contributed by atoms with Gasteiger partial charge in [-0.3, -0.25) is 20.4 Å². The SMILES string of the molecule is Cc1cccc(NC(=S)NNC(=O)CC(=O)CC(S)Nc2ccc(S(N)(=O)=O)cc2)c1. The first kappa shape index (κ1) is 24.6. The Kier molecular flexibility index (Phi) is 8.80. The summed E-state index contributed by atoms with van der Waals surface area (Å²) >= 11 is 9.38. The predicted molar refractivity (Wildman–Crippen MR) is 127 cm³/mol. The predicted octanol–water partition coefficient (Wildman–Crippen LogP) is 1.68. The molecule has 0 aromatic heterocycles. The van der Waals surface area contributed by atoms with Crippen molar-refractivity contribution in [1.82, 2.24) is 10.9 Å². The van der Waals surface area contributed by atoms with E-state index in [9.17, 15) is 18.0 Å². The van der Waals surface area contributed by atoms with Crippen LogP contribution < -0.4 is 26.6 Å². The average molecular weight is 482 g/mol. The van der Waals surface area contributed by atoms with Gasteiger partial charge >= 0.3 is 0 Å². The normalized spacial score (nSPS) is 11.8. The largest absolute Gasteiger partial charge is 0.373 e. The number of amides is 1. The van der Waals surface area contributed by atoms with Gasteiger partial charge in [-0.15, -0.1) is 0 Å². The van der Waals surface area contributed by atoms with E-state index in [-0.39, 0.29) is 28.6 Å². The summed E-state index contributed by atoms with van der Waals surface area (Å²) in [5.74, 6) is -0.887. The first-order chi connectivity index (χ1) is 14.5. The lowest BCUT2D eigenvalue weighted by molar-refractivity contribution is -0.128. The maximum Gasteiger partial charge on any atom is 0.245 e. The van der Waals surface area contributed by atoms with E-state index < -0.39 is 21.3 Å². The molecule has 0 saturated carbocycles. The minimum absolute atomic E-state index is 0.0242. The van der Waals surface area contributed by atoms with Gasteiger partial charge in [-0.2, -0.15) is 12.6 Å². The highest BCUT2D eigenvalue weighted by atomic mass is 32.2. The van der Waals surface area contributed by atoms with E-state index >= 15 is 0 Å². The standard InChI is InChI=1S/C19H23N5O4S3/c1-12-3-2-4-14(9-12)22-19(30)24-23-17(26)10-15(25)11-18(29)21-13-5-7-16(8-6-13)31(20,27)28/h2-9,18,21,29H,10-11H2,1H3,(H,23,26)(H2,20,27,28)(H2,22,24,30). The fraction of sp³-hybridized carbons (Fsp3) is 0.211. The summed E-state index contributed by atoms with van der Waals surface area (Å²) in [4.78, 5) is 24.0. The van der Waals surface area contributed by atoms with Crippen molar-refractivity contribution < 1.29 is 18.0 Å². The van der Waals surface area contributed by atoms with Gasteiger partial charge in [0.2, 0.25) is 15.9 Å². The Labute approximate surface area is 191 Å². The van der Waals surface area contributed by atoms with Gasteiger partial charge in [-0.25, -0.2) is 13.6 Å². The van der Waals surface area contributed by atoms with Crippen LogP contribution in [0.2, 0.25) is 0 Å². The van der Waals surface area contributed by atoms with Gasteiger partial charge in [0.1, 0.15) is 5.78 Å². The molecular formula is C19H23N5O4S3. The number of ketones is 1. The summed E-state index contributed by atoms with van der Waals surface area (Å²) in [6, 6.07) is 13.2. The van der Waals surface area contributed by atoms with Crippen molar-refractivity contribution in [2.75, 3.05) is 10.6 Å². The number of aryl methyl sites for hydroxylation is 1. The Bertz CT molecular complexity index is 1060. The van der Waals surface area contributed by atoms with Gasteiger partial charge in [0, 0.05) is 17.8 Å². The highest BCUT2D eigenvalue weighted by molar-refractivity contribution is 7.89. The van der Waals surface area contributed by atoms with E-state index in [0.717, 1.165) is 11.3 Å². The molecule has 0 fully saturated rings. The maximum absolute atomic E-state index is 12.1. The Morgan fingerprint density at radius 1 is 1.10 bits per heavy atom. The van der Waals surface area contributed by atoms with Crippen molar-refractivity contribution in [1.29, 1.82) is 0 Å². The molecule has 0 aliphatic rings. The number of Topliss-reactive ketones (excluding diaryl/α,β-unsaturated/α-hetero) is 1. The van der Waals surface area contributed by atoms with Crippen LogP contribution >= 0.6 is 24.8 Å². The van der Waals surface area contributed by atoms with Crippen molar-refractivity contribution in [3.8, 4) is 0 Å². The second kappa shape index (κ2) is 11.1. The van der Waals surface area contributed by atoms with Gasteiger partial charge in [0.25, 0.3) is 0 Å². The topological polar surface area (TPSA) is 142 Å². The van der Waals surface area contributed by atoms with Crippen molar-refractivity contribution in [2.24, 2.45) is 5.14 Å². The molecular weight excluding hydrogens is 458 g/mol. The third kappa shape index (κ3) is 8.92. The van der Waals surface area contributed by atoms with Crippen molar-refractivity contribution >= 4 is 63.0 Å². The molecule has 2 aromatic rings. The molecule has 1 unspecified atom stereocenters. The van der Waals surface area contributed by atoms with E-state index in [1.54, 1.807) is 0 Å². The van der Waals surface area contributed by atoms with E-state index in [4.69, 9.17) is 17.4 Å². The molecule has 2 aromatic carbocycles. The lowest BCUT2D eigenvalue weighted by Gasteiger charge is -2.15. The molecule has 6 N–H and O–H groups in total. The zero-order valence-electron chi connectivity index (χ0n) is 16.6. The summed E-state index contributed by atoms with van der Waals surface area (Å²) in [5, 5.41) is 10.5.